The smallest absolute Gasteiger partial charge is 0.177 e. The van der Waals surface area contributed by atoms with Gasteiger partial charge in [-0.25, -0.2) is 0 Å². The standard InChI is InChI=1S/C13H17BrOS/c1-7-8(14)6-9(16-7)10(15)11-12(2,3)13(11,4)5/h6,11H,1-5H3. The van der Waals surface area contributed by atoms with Gasteiger partial charge >= 0.3 is 0 Å². The first-order valence-corrected chi connectivity index (χ1v) is 7.10. The van der Waals surface area contributed by atoms with Crippen LogP contribution in [0.25, 0.3) is 0 Å². The number of aryl methyl sites for hydroxylation is 1. The van der Waals surface area contributed by atoms with Gasteiger partial charge in [0.1, 0.15) is 0 Å². The zero-order chi connectivity index (χ0) is 12.3. The molecule has 88 valence electrons. The first-order valence-electron chi connectivity index (χ1n) is 5.49. The van der Waals surface area contributed by atoms with Gasteiger partial charge in [-0.15, -0.1) is 11.3 Å². The maximum Gasteiger partial charge on any atom is 0.177 e. The lowest BCUT2D eigenvalue weighted by Gasteiger charge is -2.03. The van der Waals surface area contributed by atoms with E-state index >= 15 is 0 Å². The lowest BCUT2D eigenvalue weighted by atomic mass is 10.0. The molecule has 0 atom stereocenters. The Bertz CT molecular complexity index is 423. The van der Waals surface area contributed by atoms with E-state index in [9.17, 15) is 4.79 Å². The molecule has 1 fully saturated rings. The van der Waals surface area contributed by atoms with E-state index in [-0.39, 0.29) is 16.7 Å². The van der Waals surface area contributed by atoms with Crippen molar-refractivity contribution in [3.8, 4) is 0 Å². The van der Waals surface area contributed by atoms with Crippen LogP contribution in [0.3, 0.4) is 0 Å². The molecule has 1 aromatic heterocycles. The van der Waals surface area contributed by atoms with Crippen LogP contribution in [0, 0.1) is 23.7 Å². The van der Waals surface area contributed by atoms with E-state index in [1.165, 1.54) is 4.88 Å². The number of ketones is 1. The van der Waals surface area contributed by atoms with E-state index in [1.807, 2.05) is 13.0 Å². The van der Waals surface area contributed by atoms with Crippen LogP contribution in [0.5, 0.6) is 0 Å². The number of halogens is 1. The highest BCUT2D eigenvalue weighted by Crippen LogP contribution is 2.69. The number of carbonyl (C=O) groups excluding carboxylic acids is 1. The van der Waals surface area contributed by atoms with E-state index in [0.717, 1.165) is 9.35 Å². The van der Waals surface area contributed by atoms with Crippen molar-refractivity contribution in [3.05, 3.63) is 20.3 Å². The summed E-state index contributed by atoms with van der Waals surface area (Å²) >= 11 is 5.06. The van der Waals surface area contributed by atoms with Crippen LogP contribution in [0.2, 0.25) is 0 Å². The molecule has 0 bridgehead atoms. The molecular weight excluding hydrogens is 284 g/mol. The van der Waals surface area contributed by atoms with Crippen LogP contribution >= 0.6 is 27.3 Å². The van der Waals surface area contributed by atoms with Crippen LogP contribution in [0.4, 0.5) is 0 Å². The van der Waals surface area contributed by atoms with Crippen LogP contribution in [-0.4, -0.2) is 5.78 Å². The topological polar surface area (TPSA) is 17.1 Å². The second kappa shape index (κ2) is 3.42. The quantitative estimate of drug-likeness (QED) is 0.725. The van der Waals surface area contributed by atoms with Crippen molar-refractivity contribution in [2.75, 3.05) is 0 Å². The third-order valence-corrected chi connectivity index (χ3v) is 6.53. The number of hydrogen-bond donors (Lipinski definition) is 0. The fourth-order valence-electron chi connectivity index (χ4n) is 2.58. The molecule has 1 aromatic rings. The van der Waals surface area contributed by atoms with E-state index in [0.29, 0.717) is 5.78 Å². The number of thiophene rings is 1. The number of rotatable bonds is 2. The molecule has 1 saturated carbocycles. The Morgan fingerprint density at radius 1 is 1.31 bits per heavy atom. The minimum absolute atomic E-state index is 0.133. The van der Waals surface area contributed by atoms with Gasteiger partial charge in [-0.3, -0.25) is 4.79 Å². The highest BCUT2D eigenvalue weighted by Gasteiger charge is 2.68. The molecule has 0 spiro atoms. The molecule has 0 amide bonds. The van der Waals surface area contributed by atoms with Gasteiger partial charge < -0.3 is 0 Å². The molecule has 0 aromatic carbocycles. The Kier molecular flexibility index (Phi) is 2.63. The molecule has 1 aliphatic rings. The largest absolute Gasteiger partial charge is 0.293 e. The fourth-order valence-corrected chi connectivity index (χ4v) is 4.08. The summed E-state index contributed by atoms with van der Waals surface area (Å²) < 4.78 is 1.05. The second-order valence-corrected chi connectivity index (χ2v) is 7.87. The molecule has 0 N–H and O–H groups in total. The molecule has 0 unspecified atom stereocenters. The summed E-state index contributed by atoms with van der Waals surface area (Å²) in [6.45, 7) is 10.8. The van der Waals surface area contributed by atoms with Crippen LogP contribution in [-0.2, 0) is 0 Å². The summed E-state index contributed by atoms with van der Waals surface area (Å²) in [6, 6.07) is 1.97. The third kappa shape index (κ3) is 1.52. The molecule has 1 heterocycles. The Morgan fingerprint density at radius 3 is 2.12 bits per heavy atom. The van der Waals surface area contributed by atoms with Crippen molar-refractivity contribution >= 4 is 33.0 Å². The predicted molar refractivity (Wildman–Crippen MR) is 72.1 cm³/mol. The Labute approximate surface area is 109 Å². The van der Waals surface area contributed by atoms with Crippen LogP contribution in [0.1, 0.15) is 42.2 Å². The normalized spacial score (nSPS) is 22.1. The minimum Gasteiger partial charge on any atom is -0.293 e. The average molecular weight is 301 g/mol. The van der Waals surface area contributed by atoms with Gasteiger partial charge in [-0.1, -0.05) is 27.7 Å². The molecule has 0 saturated heterocycles. The molecule has 2 rings (SSSR count). The van der Waals surface area contributed by atoms with E-state index in [2.05, 4.69) is 43.6 Å². The number of hydrogen-bond acceptors (Lipinski definition) is 2. The van der Waals surface area contributed by atoms with Gasteiger partial charge in [0.05, 0.1) is 4.88 Å². The van der Waals surface area contributed by atoms with Gasteiger partial charge in [0, 0.05) is 15.3 Å². The van der Waals surface area contributed by atoms with E-state index in [1.54, 1.807) is 11.3 Å². The Morgan fingerprint density at radius 2 is 1.81 bits per heavy atom. The lowest BCUT2D eigenvalue weighted by molar-refractivity contribution is 0.0949. The number of carbonyl (C=O) groups is 1. The number of Topliss-reactive ketones (excluding diaryl/α,β-unsaturated/α-hetero) is 1. The lowest BCUT2D eigenvalue weighted by Crippen LogP contribution is -2.05. The summed E-state index contributed by atoms with van der Waals surface area (Å²) in [5.74, 6) is 0.485. The molecule has 0 radical (unpaired) electrons. The second-order valence-electron chi connectivity index (χ2n) is 5.76. The predicted octanol–water partition coefficient (Wildman–Crippen LogP) is 4.68. The molecule has 1 nitrogen and oxygen atoms in total. The SMILES string of the molecule is Cc1sc(C(=O)C2C(C)(C)C2(C)C)cc1Br. The first-order chi connectivity index (χ1) is 7.19. The van der Waals surface area contributed by atoms with Crippen LogP contribution in [0.15, 0.2) is 10.5 Å². The molecular formula is C13H17BrOS. The highest BCUT2D eigenvalue weighted by molar-refractivity contribution is 9.10. The van der Waals surface area contributed by atoms with Crippen molar-refractivity contribution in [3.63, 3.8) is 0 Å². The first kappa shape index (κ1) is 12.3. The summed E-state index contributed by atoms with van der Waals surface area (Å²) in [4.78, 5) is 14.5. The van der Waals surface area contributed by atoms with Gasteiger partial charge in [0.2, 0.25) is 0 Å². The Balaban J connectivity index is 2.29. The highest BCUT2D eigenvalue weighted by atomic mass is 79.9. The summed E-state index contributed by atoms with van der Waals surface area (Å²) in [5, 5.41) is 0. The van der Waals surface area contributed by atoms with Crippen LogP contribution < -0.4 is 0 Å². The van der Waals surface area contributed by atoms with Crippen molar-refractivity contribution < 1.29 is 4.79 Å². The fraction of sp³-hybridized carbons (Fsp3) is 0.615. The Hall–Kier alpha value is -0.150. The summed E-state index contributed by atoms with van der Waals surface area (Å²) in [6.07, 6.45) is 0. The van der Waals surface area contributed by atoms with Crippen molar-refractivity contribution in [2.45, 2.75) is 34.6 Å². The summed E-state index contributed by atoms with van der Waals surface area (Å²) in [5.41, 5.74) is 0.267. The van der Waals surface area contributed by atoms with E-state index in [4.69, 9.17) is 0 Å². The summed E-state index contributed by atoms with van der Waals surface area (Å²) in [7, 11) is 0. The maximum absolute atomic E-state index is 12.4. The van der Waals surface area contributed by atoms with Crippen molar-refractivity contribution in [1.82, 2.24) is 0 Å². The zero-order valence-electron chi connectivity index (χ0n) is 10.3. The van der Waals surface area contributed by atoms with Gasteiger partial charge in [-0.05, 0) is 39.8 Å². The third-order valence-electron chi connectivity index (χ3n) is 4.38. The zero-order valence-corrected chi connectivity index (χ0v) is 12.8. The molecule has 1 aliphatic carbocycles. The van der Waals surface area contributed by atoms with E-state index < -0.39 is 0 Å². The monoisotopic (exact) mass is 300 g/mol. The average Bonchev–Trinajstić information content (AvgIpc) is 2.39. The molecule has 16 heavy (non-hydrogen) atoms. The van der Waals surface area contributed by atoms with Crippen molar-refractivity contribution in [2.24, 2.45) is 16.7 Å². The minimum atomic E-state index is 0.133. The van der Waals surface area contributed by atoms with Crippen molar-refractivity contribution in [1.29, 1.82) is 0 Å². The molecule has 3 heteroatoms. The van der Waals surface area contributed by atoms with Gasteiger partial charge in [0.25, 0.3) is 0 Å². The van der Waals surface area contributed by atoms with Gasteiger partial charge in [-0.2, -0.15) is 0 Å². The molecule has 0 aliphatic heterocycles. The maximum atomic E-state index is 12.4. The van der Waals surface area contributed by atoms with Gasteiger partial charge in [0.15, 0.2) is 5.78 Å².